The van der Waals surface area contributed by atoms with Crippen LogP contribution in [0.5, 0.6) is 0 Å². The molecule has 0 N–H and O–H groups in total. The average Bonchev–Trinajstić information content (AvgIpc) is 2.39. The molecule has 0 spiro atoms. The van der Waals surface area contributed by atoms with Crippen molar-refractivity contribution in [3.05, 3.63) is 23.3 Å². The van der Waals surface area contributed by atoms with Gasteiger partial charge in [-0.2, -0.15) is 0 Å². The summed E-state index contributed by atoms with van der Waals surface area (Å²) in [5.41, 5.74) is 3.47. The Hall–Kier alpha value is -0.873. The largest absolute Gasteiger partial charge is 0.466 e. The van der Waals surface area contributed by atoms with Crippen LogP contribution in [-0.4, -0.2) is 27.0 Å². The monoisotopic (exact) mass is 338 g/mol. The van der Waals surface area contributed by atoms with Crippen molar-refractivity contribution in [1.29, 1.82) is 0 Å². The zero-order chi connectivity index (χ0) is 18.0. The number of ether oxygens (including phenoxy) is 1. The molecule has 1 saturated carbocycles. The SMILES string of the molecule is C=C1[C@@H](C(=O)OCC)CC(=C(C)C)C[C@@H]1O[Si](C)(C)C(C)(C)C. The van der Waals surface area contributed by atoms with Crippen LogP contribution >= 0.6 is 0 Å². The van der Waals surface area contributed by atoms with E-state index in [1.807, 2.05) is 6.92 Å². The highest BCUT2D eigenvalue weighted by Gasteiger charge is 2.43. The zero-order valence-electron chi connectivity index (χ0n) is 16.2. The van der Waals surface area contributed by atoms with Crippen molar-refractivity contribution < 1.29 is 14.0 Å². The molecule has 4 heteroatoms. The van der Waals surface area contributed by atoms with E-state index in [9.17, 15) is 4.79 Å². The highest BCUT2D eigenvalue weighted by Crippen LogP contribution is 2.42. The Morgan fingerprint density at radius 3 is 2.26 bits per heavy atom. The number of esters is 1. The Labute approximate surface area is 143 Å². The van der Waals surface area contributed by atoms with Crippen LogP contribution in [0.25, 0.3) is 0 Å². The summed E-state index contributed by atoms with van der Waals surface area (Å²) in [6.07, 6.45) is 1.49. The minimum absolute atomic E-state index is 0.0797. The van der Waals surface area contributed by atoms with E-state index in [0.717, 1.165) is 18.4 Å². The van der Waals surface area contributed by atoms with Crippen molar-refractivity contribution in [2.75, 3.05) is 6.61 Å². The van der Waals surface area contributed by atoms with Crippen LogP contribution in [0, 0.1) is 5.92 Å². The first kappa shape index (κ1) is 20.2. The third-order valence-electron chi connectivity index (χ3n) is 5.26. The van der Waals surface area contributed by atoms with Crippen LogP contribution in [-0.2, 0) is 14.0 Å². The van der Waals surface area contributed by atoms with Crippen molar-refractivity contribution in [3.63, 3.8) is 0 Å². The van der Waals surface area contributed by atoms with Crippen molar-refractivity contribution in [3.8, 4) is 0 Å². The summed E-state index contributed by atoms with van der Waals surface area (Å²) in [7, 11) is -1.92. The lowest BCUT2D eigenvalue weighted by atomic mass is 9.79. The summed E-state index contributed by atoms with van der Waals surface area (Å²) < 4.78 is 11.9. The molecule has 0 amide bonds. The average molecular weight is 339 g/mol. The molecule has 0 saturated heterocycles. The molecule has 132 valence electrons. The fourth-order valence-corrected chi connectivity index (χ4v) is 3.88. The van der Waals surface area contributed by atoms with E-state index in [0.29, 0.717) is 6.61 Å². The molecule has 0 aliphatic heterocycles. The van der Waals surface area contributed by atoms with Gasteiger partial charge in [-0.05, 0) is 57.3 Å². The Balaban J connectivity index is 3.08. The molecule has 1 aliphatic carbocycles. The minimum Gasteiger partial charge on any atom is -0.466 e. The summed E-state index contributed by atoms with van der Waals surface area (Å²) in [4.78, 5) is 12.3. The lowest BCUT2D eigenvalue weighted by molar-refractivity contribution is -0.147. The standard InChI is InChI=1S/C19H34O3Si/c1-10-21-18(20)16-11-15(13(2)3)12-17(14(16)4)22-23(8,9)19(5,6)7/h16-17H,4,10-12H2,1-3,5-9H3/t16-,17-/m0/s1. The number of hydrogen-bond acceptors (Lipinski definition) is 3. The van der Waals surface area contributed by atoms with E-state index in [4.69, 9.17) is 9.16 Å². The van der Waals surface area contributed by atoms with Crippen molar-refractivity contribution >= 4 is 14.3 Å². The summed E-state index contributed by atoms with van der Waals surface area (Å²) in [5, 5.41) is 0.134. The van der Waals surface area contributed by atoms with Crippen LogP contribution < -0.4 is 0 Å². The molecule has 0 heterocycles. The predicted molar refractivity (Wildman–Crippen MR) is 98.9 cm³/mol. The van der Waals surface area contributed by atoms with Crippen LogP contribution in [0.4, 0.5) is 0 Å². The van der Waals surface area contributed by atoms with E-state index in [1.165, 1.54) is 11.1 Å². The van der Waals surface area contributed by atoms with Gasteiger partial charge in [0.1, 0.15) is 0 Å². The fourth-order valence-electron chi connectivity index (χ4n) is 2.58. The van der Waals surface area contributed by atoms with Crippen LogP contribution in [0.15, 0.2) is 23.3 Å². The maximum Gasteiger partial charge on any atom is 0.313 e. The van der Waals surface area contributed by atoms with Gasteiger partial charge in [0.15, 0.2) is 8.32 Å². The summed E-state index contributed by atoms with van der Waals surface area (Å²) in [6, 6.07) is 0. The lowest BCUT2D eigenvalue weighted by Gasteiger charge is -2.43. The lowest BCUT2D eigenvalue weighted by Crippen LogP contribution is -2.46. The third kappa shape index (κ3) is 4.80. The van der Waals surface area contributed by atoms with Gasteiger partial charge >= 0.3 is 5.97 Å². The smallest absolute Gasteiger partial charge is 0.313 e. The van der Waals surface area contributed by atoms with Crippen LogP contribution in [0.3, 0.4) is 0 Å². The summed E-state index contributed by atoms with van der Waals surface area (Å²) in [6.45, 7) is 21.9. The Morgan fingerprint density at radius 2 is 1.83 bits per heavy atom. The molecular weight excluding hydrogens is 304 g/mol. The van der Waals surface area contributed by atoms with E-state index in [1.54, 1.807) is 0 Å². The van der Waals surface area contributed by atoms with Crippen molar-refractivity contribution in [2.45, 2.75) is 78.6 Å². The molecule has 1 aliphatic rings. The molecule has 1 rings (SSSR count). The first-order valence-corrected chi connectivity index (χ1v) is 11.5. The highest BCUT2D eigenvalue weighted by atomic mass is 28.4. The van der Waals surface area contributed by atoms with E-state index in [-0.39, 0.29) is 23.0 Å². The molecule has 1 fully saturated rings. The van der Waals surface area contributed by atoms with Gasteiger partial charge in [-0.3, -0.25) is 4.79 Å². The maximum atomic E-state index is 12.3. The molecule has 0 aromatic carbocycles. The molecular formula is C19H34O3Si. The van der Waals surface area contributed by atoms with Gasteiger partial charge in [0.25, 0.3) is 0 Å². The van der Waals surface area contributed by atoms with Gasteiger partial charge in [-0.1, -0.05) is 38.5 Å². The molecule has 0 unspecified atom stereocenters. The van der Waals surface area contributed by atoms with Gasteiger partial charge < -0.3 is 9.16 Å². The topological polar surface area (TPSA) is 35.5 Å². The van der Waals surface area contributed by atoms with Gasteiger partial charge in [0.05, 0.1) is 18.6 Å². The van der Waals surface area contributed by atoms with Crippen molar-refractivity contribution in [2.24, 2.45) is 5.92 Å². The second-order valence-electron chi connectivity index (χ2n) is 8.26. The number of carbonyl (C=O) groups excluding carboxylic acids is 1. The van der Waals surface area contributed by atoms with E-state index in [2.05, 4.69) is 54.3 Å². The first-order valence-electron chi connectivity index (χ1n) is 8.59. The molecule has 0 bridgehead atoms. The fraction of sp³-hybridized carbons (Fsp3) is 0.737. The maximum absolute atomic E-state index is 12.3. The highest BCUT2D eigenvalue weighted by molar-refractivity contribution is 6.74. The number of carbonyl (C=O) groups is 1. The normalized spacial score (nSPS) is 23.0. The Morgan fingerprint density at radius 1 is 1.26 bits per heavy atom. The second kappa shape index (κ2) is 7.35. The van der Waals surface area contributed by atoms with Gasteiger partial charge in [0.2, 0.25) is 0 Å². The quantitative estimate of drug-likeness (QED) is 0.399. The van der Waals surface area contributed by atoms with Gasteiger partial charge in [0, 0.05) is 0 Å². The summed E-state index contributed by atoms with van der Waals surface area (Å²) >= 11 is 0. The van der Waals surface area contributed by atoms with Gasteiger partial charge in [-0.15, -0.1) is 0 Å². The van der Waals surface area contributed by atoms with E-state index >= 15 is 0 Å². The molecule has 23 heavy (non-hydrogen) atoms. The molecule has 0 aromatic rings. The van der Waals surface area contributed by atoms with E-state index < -0.39 is 8.32 Å². The van der Waals surface area contributed by atoms with Gasteiger partial charge in [-0.25, -0.2) is 0 Å². The zero-order valence-corrected chi connectivity index (χ0v) is 17.2. The molecule has 0 aromatic heterocycles. The second-order valence-corrected chi connectivity index (χ2v) is 13.0. The van der Waals surface area contributed by atoms with Crippen molar-refractivity contribution in [1.82, 2.24) is 0 Å². The number of rotatable bonds is 4. The Kier molecular flexibility index (Phi) is 6.44. The Bertz CT molecular complexity index is 493. The van der Waals surface area contributed by atoms with Crippen LogP contribution in [0.2, 0.25) is 18.1 Å². The summed E-state index contributed by atoms with van der Waals surface area (Å²) in [5.74, 6) is -0.442. The minimum atomic E-state index is -1.92. The molecule has 3 nitrogen and oxygen atoms in total. The number of allylic oxidation sites excluding steroid dienone is 1. The number of hydrogen-bond donors (Lipinski definition) is 0. The molecule has 0 radical (unpaired) electrons. The predicted octanol–water partition coefficient (Wildman–Crippen LogP) is 5.24. The third-order valence-corrected chi connectivity index (χ3v) is 9.75. The molecule has 2 atom stereocenters. The van der Waals surface area contributed by atoms with Crippen LogP contribution in [0.1, 0.15) is 54.4 Å². The first-order chi connectivity index (χ1) is 10.4.